The Morgan fingerprint density at radius 2 is 1.69 bits per heavy atom. The van der Waals surface area contributed by atoms with Crippen molar-refractivity contribution in [2.75, 3.05) is 17.7 Å². The minimum absolute atomic E-state index is 0.0591. The van der Waals surface area contributed by atoms with Crippen molar-refractivity contribution in [1.82, 2.24) is 4.90 Å². The van der Waals surface area contributed by atoms with Gasteiger partial charge in [-0.1, -0.05) is 44.2 Å². The van der Waals surface area contributed by atoms with Crippen LogP contribution in [0.4, 0.5) is 5.69 Å². The molecule has 1 aromatic carbocycles. The van der Waals surface area contributed by atoms with Gasteiger partial charge < -0.3 is 10.4 Å². The fourth-order valence-electron chi connectivity index (χ4n) is 4.01. The second-order valence-electron chi connectivity index (χ2n) is 7.51. The number of carbonyl (C=O) groups is 3. The van der Waals surface area contributed by atoms with Crippen LogP contribution in [0.25, 0.3) is 5.57 Å². The minimum atomic E-state index is -0.242. The third-order valence-corrected chi connectivity index (χ3v) is 6.40. The maximum absolute atomic E-state index is 13.4. The molecule has 29 heavy (non-hydrogen) atoms. The zero-order chi connectivity index (χ0) is 20.8. The summed E-state index contributed by atoms with van der Waals surface area (Å²) in [5.74, 6) is -0.285. The van der Waals surface area contributed by atoms with Crippen LogP contribution in [0.1, 0.15) is 57.4 Å². The molecule has 0 unspecified atom stereocenters. The Kier molecular flexibility index (Phi) is 7.50. The van der Waals surface area contributed by atoms with Crippen molar-refractivity contribution in [3.63, 3.8) is 0 Å². The number of hydrogen-bond donors (Lipinski definition) is 2. The van der Waals surface area contributed by atoms with Gasteiger partial charge in [-0.15, -0.1) is 11.8 Å². The molecule has 2 N–H and O–H groups in total. The Labute approximate surface area is 175 Å². The molecule has 0 atom stereocenters. The maximum atomic E-state index is 13.4. The van der Waals surface area contributed by atoms with E-state index in [0.29, 0.717) is 27.5 Å². The molecule has 0 spiro atoms. The van der Waals surface area contributed by atoms with Crippen molar-refractivity contribution < 1.29 is 19.5 Å². The Bertz CT molecular complexity index is 796. The van der Waals surface area contributed by atoms with E-state index >= 15 is 0 Å². The number of nitrogens with one attached hydrogen (secondary N) is 1. The first kappa shape index (κ1) is 21.6. The number of aliphatic hydroxyl groups excluding tert-OH is 1. The fraction of sp³-hybridized carbons (Fsp3) is 0.500. The largest absolute Gasteiger partial charge is 0.396 e. The van der Waals surface area contributed by atoms with E-state index in [9.17, 15) is 19.5 Å². The lowest BCUT2D eigenvalue weighted by Crippen LogP contribution is -2.41. The Balaban J connectivity index is 1.90. The molecule has 0 bridgehead atoms. The van der Waals surface area contributed by atoms with Crippen LogP contribution in [-0.4, -0.2) is 46.1 Å². The molecule has 0 radical (unpaired) electrons. The third kappa shape index (κ3) is 5.08. The molecule has 3 rings (SSSR count). The molecular weight excluding hydrogens is 388 g/mol. The summed E-state index contributed by atoms with van der Waals surface area (Å²) in [6.07, 6.45) is 7.27. The van der Waals surface area contributed by atoms with Gasteiger partial charge in [0, 0.05) is 24.4 Å². The number of hydrogen-bond acceptors (Lipinski definition) is 5. The van der Waals surface area contributed by atoms with E-state index < -0.39 is 0 Å². The topological polar surface area (TPSA) is 86.7 Å². The van der Waals surface area contributed by atoms with Crippen molar-refractivity contribution in [1.29, 1.82) is 0 Å². The zero-order valence-corrected chi connectivity index (χ0v) is 17.6. The summed E-state index contributed by atoms with van der Waals surface area (Å²) in [5.41, 5.74) is 1.70. The highest BCUT2D eigenvalue weighted by molar-refractivity contribution is 8.04. The number of rotatable bonds is 6. The van der Waals surface area contributed by atoms with Gasteiger partial charge in [0.2, 0.25) is 5.91 Å². The van der Waals surface area contributed by atoms with Crippen molar-refractivity contribution in [3.05, 3.63) is 34.7 Å². The van der Waals surface area contributed by atoms with Crippen LogP contribution in [0.3, 0.4) is 0 Å². The quantitative estimate of drug-likeness (QED) is 0.693. The molecule has 1 aliphatic heterocycles. The first-order valence-electron chi connectivity index (χ1n) is 10.3. The van der Waals surface area contributed by atoms with E-state index in [-0.39, 0.29) is 30.4 Å². The van der Waals surface area contributed by atoms with Crippen molar-refractivity contribution in [3.8, 4) is 0 Å². The second-order valence-corrected chi connectivity index (χ2v) is 8.62. The first-order valence-corrected chi connectivity index (χ1v) is 11.3. The molecule has 3 amide bonds. The summed E-state index contributed by atoms with van der Waals surface area (Å²) in [6.45, 7) is 1.37. The van der Waals surface area contributed by atoms with Crippen molar-refractivity contribution in [2.45, 2.75) is 57.9 Å². The molecule has 1 aromatic rings. The molecule has 1 fully saturated rings. The second kappa shape index (κ2) is 10.1. The smallest absolute Gasteiger partial charge is 0.268 e. The van der Waals surface area contributed by atoms with Gasteiger partial charge in [0.05, 0.1) is 17.1 Å². The Morgan fingerprint density at radius 1 is 1.07 bits per heavy atom. The Hall–Kier alpha value is -2.12. The summed E-state index contributed by atoms with van der Waals surface area (Å²) in [4.78, 5) is 39.7. The van der Waals surface area contributed by atoms with Gasteiger partial charge in [0.15, 0.2) is 0 Å². The van der Waals surface area contributed by atoms with Gasteiger partial charge in [-0.25, -0.2) is 0 Å². The molecule has 0 aromatic heterocycles. The van der Waals surface area contributed by atoms with E-state index in [4.69, 9.17) is 0 Å². The SMILES string of the molecule is CC(=O)Nc1ccc(C2=C(SCCO)C(=O)N(C3CCCCCCC3)C2=O)cc1. The lowest BCUT2D eigenvalue weighted by Gasteiger charge is -2.28. The van der Waals surface area contributed by atoms with Crippen LogP contribution in [0.5, 0.6) is 0 Å². The zero-order valence-electron chi connectivity index (χ0n) is 16.8. The molecule has 1 heterocycles. The van der Waals surface area contributed by atoms with Crippen LogP contribution < -0.4 is 5.32 Å². The van der Waals surface area contributed by atoms with Crippen LogP contribution in [0, 0.1) is 0 Å². The predicted octanol–water partition coefficient (Wildman–Crippen LogP) is 3.56. The molecule has 0 saturated heterocycles. The molecular formula is C22H28N2O4S. The molecule has 1 saturated carbocycles. The van der Waals surface area contributed by atoms with Crippen LogP contribution in [-0.2, 0) is 14.4 Å². The van der Waals surface area contributed by atoms with Gasteiger partial charge >= 0.3 is 0 Å². The number of aliphatic hydroxyl groups is 1. The molecule has 1 aliphatic carbocycles. The lowest BCUT2D eigenvalue weighted by molar-refractivity contribution is -0.139. The minimum Gasteiger partial charge on any atom is -0.396 e. The summed E-state index contributed by atoms with van der Waals surface area (Å²) >= 11 is 1.24. The van der Waals surface area contributed by atoms with Crippen LogP contribution in [0.2, 0.25) is 0 Å². The van der Waals surface area contributed by atoms with Crippen molar-refractivity contribution >= 4 is 40.7 Å². The summed E-state index contributed by atoms with van der Waals surface area (Å²) in [5, 5.41) is 12.0. The van der Waals surface area contributed by atoms with E-state index in [1.807, 2.05) is 0 Å². The summed E-state index contributed by atoms with van der Waals surface area (Å²) < 4.78 is 0. The van der Waals surface area contributed by atoms with E-state index in [1.54, 1.807) is 24.3 Å². The number of amides is 3. The van der Waals surface area contributed by atoms with E-state index in [1.165, 1.54) is 30.0 Å². The number of anilines is 1. The van der Waals surface area contributed by atoms with Gasteiger partial charge in [0.25, 0.3) is 11.8 Å². The monoisotopic (exact) mass is 416 g/mol. The lowest BCUT2D eigenvalue weighted by atomic mass is 9.95. The molecule has 156 valence electrons. The van der Waals surface area contributed by atoms with Crippen LogP contribution in [0.15, 0.2) is 29.2 Å². The average Bonchev–Trinajstić information content (AvgIpc) is 2.90. The standard InChI is InChI=1S/C22H28N2O4S/c1-15(26)23-17-11-9-16(10-12-17)19-20(29-14-13-25)22(28)24(21(19)27)18-7-5-3-2-4-6-8-18/h9-12,18,25H,2-8,13-14H2,1H3,(H,23,26). The maximum Gasteiger partial charge on any atom is 0.268 e. The highest BCUT2D eigenvalue weighted by atomic mass is 32.2. The number of nitrogens with zero attached hydrogens (tertiary/aromatic N) is 1. The van der Waals surface area contributed by atoms with Crippen molar-refractivity contribution in [2.24, 2.45) is 0 Å². The van der Waals surface area contributed by atoms with E-state index in [2.05, 4.69) is 5.32 Å². The average molecular weight is 417 g/mol. The van der Waals surface area contributed by atoms with Gasteiger partial charge in [-0.2, -0.15) is 0 Å². The summed E-state index contributed by atoms with van der Waals surface area (Å²) in [7, 11) is 0. The number of thioether (sulfide) groups is 1. The van der Waals surface area contributed by atoms with Crippen LogP contribution >= 0.6 is 11.8 Å². The highest BCUT2D eigenvalue weighted by Gasteiger charge is 2.42. The van der Waals surface area contributed by atoms with Gasteiger partial charge in [0.1, 0.15) is 0 Å². The fourth-order valence-corrected chi connectivity index (χ4v) is 4.88. The Morgan fingerprint density at radius 3 is 2.28 bits per heavy atom. The van der Waals surface area contributed by atoms with Gasteiger partial charge in [-0.05, 0) is 30.5 Å². The molecule has 2 aliphatic rings. The first-order chi connectivity index (χ1) is 14.0. The number of imide groups is 1. The van der Waals surface area contributed by atoms with Gasteiger partial charge in [-0.3, -0.25) is 19.3 Å². The highest BCUT2D eigenvalue weighted by Crippen LogP contribution is 2.39. The summed E-state index contributed by atoms with van der Waals surface area (Å²) in [6, 6.07) is 6.92. The number of benzene rings is 1. The normalized spacial score (nSPS) is 18.8. The third-order valence-electron chi connectivity index (χ3n) is 5.34. The molecule has 6 nitrogen and oxygen atoms in total. The van der Waals surface area contributed by atoms with E-state index in [0.717, 1.165) is 38.5 Å². The molecule has 7 heteroatoms. The number of carbonyl (C=O) groups excluding carboxylic acids is 3. The predicted molar refractivity (Wildman–Crippen MR) is 115 cm³/mol.